The highest BCUT2D eigenvalue weighted by Gasteiger charge is 2.27. The number of hydrogen-bond acceptors (Lipinski definition) is 2. The quantitative estimate of drug-likeness (QED) is 0.768. The highest BCUT2D eigenvalue weighted by atomic mass is 15.2. The Morgan fingerprint density at radius 3 is 1.77 bits per heavy atom. The number of likely N-dealkylation sites (tertiary alicyclic amines) is 2. The fourth-order valence-corrected chi connectivity index (χ4v) is 4.78. The smallest absolute Gasteiger partial charge is 0.0217 e. The lowest BCUT2D eigenvalue weighted by molar-refractivity contribution is 0.0913. The van der Waals surface area contributed by atoms with E-state index in [1.54, 1.807) is 0 Å². The van der Waals surface area contributed by atoms with Crippen LogP contribution in [0.5, 0.6) is 0 Å². The minimum absolute atomic E-state index is 0.476. The Hall–Kier alpha value is -1.64. The summed E-state index contributed by atoms with van der Waals surface area (Å²) in [6, 6.07) is 22.9. The fraction of sp³-hybridized carbons (Fsp3) is 0.500. The maximum atomic E-state index is 2.77. The average molecular weight is 349 g/mol. The summed E-state index contributed by atoms with van der Waals surface area (Å²) in [4.78, 5) is 5.47. The van der Waals surface area contributed by atoms with E-state index in [2.05, 4.69) is 70.5 Å². The third kappa shape index (κ3) is 4.36. The molecule has 2 saturated heterocycles. The van der Waals surface area contributed by atoms with E-state index in [0.717, 1.165) is 12.6 Å². The van der Waals surface area contributed by atoms with Gasteiger partial charge < -0.3 is 9.80 Å². The number of nitrogens with zero attached hydrogens (tertiary/aromatic N) is 2. The monoisotopic (exact) mass is 348 g/mol. The Bertz CT molecular complexity index is 601. The van der Waals surface area contributed by atoms with E-state index in [4.69, 9.17) is 0 Å². The SMILES string of the molecule is c1ccc(C(CN2CCC(N3CCCCC3)CC2)c2ccccc2)cc1. The van der Waals surface area contributed by atoms with Crippen molar-refractivity contribution in [3.63, 3.8) is 0 Å². The molecule has 0 bridgehead atoms. The Kier molecular flexibility index (Phi) is 6.03. The highest BCUT2D eigenvalue weighted by molar-refractivity contribution is 5.32. The van der Waals surface area contributed by atoms with Gasteiger partial charge in [-0.3, -0.25) is 0 Å². The molecule has 0 amide bonds. The van der Waals surface area contributed by atoms with Crippen molar-refractivity contribution in [2.45, 2.75) is 44.1 Å². The van der Waals surface area contributed by atoms with Crippen molar-refractivity contribution < 1.29 is 0 Å². The third-order valence-corrected chi connectivity index (χ3v) is 6.31. The minimum atomic E-state index is 0.476. The van der Waals surface area contributed by atoms with E-state index in [-0.39, 0.29) is 0 Å². The highest BCUT2D eigenvalue weighted by Crippen LogP contribution is 2.28. The van der Waals surface area contributed by atoms with E-state index < -0.39 is 0 Å². The molecule has 2 aliphatic heterocycles. The molecule has 0 atom stereocenters. The van der Waals surface area contributed by atoms with Gasteiger partial charge in [0.25, 0.3) is 0 Å². The zero-order valence-corrected chi connectivity index (χ0v) is 15.9. The Labute approximate surface area is 158 Å². The summed E-state index contributed by atoms with van der Waals surface area (Å²) in [6.07, 6.45) is 6.94. The molecule has 0 saturated carbocycles. The zero-order valence-electron chi connectivity index (χ0n) is 15.9. The summed E-state index contributed by atoms with van der Waals surface area (Å²) in [5.41, 5.74) is 2.88. The molecule has 26 heavy (non-hydrogen) atoms. The van der Waals surface area contributed by atoms with Gasteiger partial charge in [0.15, 0.2) is 0 Å². The van der Waals surface area contributed by atoms with Crippen molar-refractivity contribution in [3.05, 3.63) is 71.8 Å². The molecule has 138 valence electrons. The molecule has 2 heteroatoms. The van der Waals surface area contributed by atoms with Crippen LogP contribution in [0.2, 0.25) is 0 Å². The van der Waals surface area contributed by atoms with Crippen LogP contribution >= 0.6 is 0 Å². The molecule has 2 nitrogen and oxygen atoms in total. The van der Waals surface area contributed by atoms with E-state index in [9.17, 15) is 0 Å². The predicted molar refractivity (Wildman–Crippen MR) is 110 cm³/mol. The summed E-state index contributed by atoms with van der Waals surface area (Å²) < 4.78 is 0. The van der Waals surface area contributed by atoms with Crippen molar-refractivity contribution >= 4 is 0 Å². The molecule has 2 aromatic carbocycles. The molecule has 2 heterocycles. The second-order valence-electron chi connectivity index (χ2n) is 8.00. The third-order valence-electron chi connectivity index (χ3n) is 6.31. The number of piperidine rings is 2. The lowest BCUT2D eigenvalue weighted by atomic mass is 9.90. The van der Waals surface area contributed by atoms with Crippen LogP contribution in [0.3, 0.4) is 0 Å². The number of rotatable bonds is 5. The first kappa shape index (κ1) is 17.8. The standard InChI is InChI=1S/C24H32N2/c1-4-10-21(11-5-1)24(22-12-6-2-7-13-22)20-25-18-14-23(15-19-25)26-16-8-3-9-17-26/h1-2,4-7,10-13,23-24H,3,8-9,14-20H2. The second-order valence-corrected chi connectivity index (χ2v) is 8.00. The molecular weight excluding hydrogens is 316 g/mol. The van der Waals surface area contributed by atoms with Crippen molar-refractivity contribution in [2.24, 2.45) is 0 Å². The largest absolute Gasteiger partial charge is 0.302 e. The molecular formula is C24H32N2. The summed E-state index contributed by atoms with van der Waals surface area (Å²) in [5.74, 6) is 0.476. The lowest BCUT2D eigenvalue weighted by Gasteiger charge is -2.41. The molecule has 0 spiro atoms. The van der Waals surface area contributed by atoms with Gasteiger partial charge in [0, 0.05) is 18.5 Å². The van der Waals surface area contributed by atoms with Crippen LogP contribution in [0.15, 0.2) is 60.7 Å². The summed E-state index contributed by atoms with van der Waals surface area (Å²) in [6.45, 7) is 6.30. The van der Waals surface area contributed by atoms with Gasteiger partial charge >= 0.3 is 0 Å². The Balaban J connectivity index is 1.41. The second kappa shape index (κ2) is 8.83. The van der Waals surface area contributed by atoms with Crippen LogP contribution in [0.25, 0.3) is 0 Å². The minimum Gasteiger partial charge on any atom is -0.302 e. The Morgan fingerprint density at radius 1 is 0.692 bits per heavy atom. The Morgan fingerprint density at radius 2 is 1.23 bits per heavy atom. The van der Waals surface area contributed by atoms with Crippen molar-refractivity contribution in [3.8, 4) is 0 Å². The predicted octanol–water partition coefficient (Wildman–Crippen LogP) is 4.77. The van der Waals surface area contributed by atoms with Crippen LogP contribution < -0.4 is 0 Å². The van der Waals surface area contributed by atoms with E-state index in [1.807, 2.05) is 0 Å². The van der Waals surface area contributed by atoms with Crippen molar-refractivity contribution in [1.82, 2.24) is 9.80 Å². The molecule has 0 N–H and O–H groups in total. The summed E-state index contributed by atoms with van der Waals surface area (Å²) >= 11 is 0. The van der Waals surface area contributed by atoms with Gasteiger partial charge in [-0.15, -0.1) is 0 Å². The fourth-order valence-electron chi connectivity index (χ4n) is 4.78. The first-order valence-electron chi connectivity index (χ1n) is 10.5. The van der Waals surface area contributed by atoms with Gasteiger partial charge in [0.05, 0.1) is 0 Å². The molecule has 2 aromatic rings. The maximum absolute atomic E-state index is 2.77. The number of hydrogen-bond donors (Lipinski definition) is 0. The van der Waals surface area contributed by atoms with Gasteiger partial charge in [0.2, 0.25) is 0 Å². The van der Waals surface area contributed by atoms with Crippen LogP contribution in [-0.2, 0) is 0 Å². The van der Waals surface area contributed by atoms with E-state index >= 15 is 0 Å². The molecule has 2 fully saturated rings. The van der Waals surface area contributed by atoms with Crippen LogP contribution in [0.4, 0.5) is 0 Å². The average Bonchev–Trinajstić information content (AvgIpc) is 2.74. The molecule has 0 unspecified atom stereocenters. The van der Waals surface area contributed by atoms with Gasteiger partial charge in [-0.2, -0.15) is 0 Å². The number of benzene rings is 2. The van der Waals surface area contributed by atoms with Gasteiger partial charge in [-0.25, -0.2) is 0 Å². The first-order chi connectivity index (χ1) is 12.9. The van der Waals surface area contributed by atoms with E-state index in [1.165, 1.54) is 69.4 Å². The van der Waals surface area contributed by atoms with Gasteiger partial charge in [-0.05, 0) is 63.0 Å². The van der Waals surface area contributed by atoms with Crippen molar-refractivity contribution in [2.75, 3.05) is 32.7 Å². The van der Waals surface area contributed by atoms with Gasteiger partial charge in [-0.1, -0.05) is 67.1 Å². The van der Waals surface area contributed by atoms with Crippen LogP contribution in [0, 0.1) is 0 Å². The molecule has 0 radical (unpaired) electrons. The summed E-state index contributed by atoms with van der Waals surface area (Å²) in [7, 11) is 0. The molecule has 4 rings (SSSR count). The molecule has 0 aliphatic carbocycles. The van der Waals surface area contributed by atoms with Crippen LogP contribution in [0.1, 0.15) is 49.1 Å². The topological polar surface area (TPSA) is 6.48 Å². The summed E-state index contributed by atoms with van der Waals surface area (Å²) in [5, 5.41) is 0. The van der Waals surface area contributed by atoms with Crippen molar-refractivity contribution in [1.29, 1.82) is 0 Å². The lowest BCUT2D eigenvalue weighted by Crippen LogP contribution is -2.47. The zero-order chi connectivity index (χ0) is 17.6. The van der Waals surface area contributed by atoms with Gasteiger partial charge in [0.1, 0.15) is 0 Å². The maximum Gasteiger partial charge on any atom is 0.0217 e. The molecule has 0 aromatic heterocycles. The molecule has 2 aliphatic rings. The first-order valence-corrected chi connectivity index (χ1v) is 10.5. The normalized spacial score (nSPS) is 20.5. The van der Waals surface area contributed by atoms with E-state index in [0.29, 0.717) is 5.92 Å². The van der Waals surface area contributed by atoms with Crippen LogP contribution in [-0.4, -0.2) is 48.6 Å².